The fourth-order valence-electron chi connectivity index (χ4n) is 3.33. The number of anilines is 1. The van der Waals surface area contributed by atoms with Gasteiger partial charge in [0.2, 0.25) is 0 Å². The van der Waals surface area contributed by atoms with Crippen molar-refractivity contribution in [1.29, 1.82) is 0 Å². The summed E-state index contributed by atoms with van der Waals surface area (Å²) in [7, 11) is -3.63. The first kappa shape index (κ1) is 18.4. The highest BCUT2D eigenvalue weighted by Crippen LogP contribution is 2.31. The lowest BCUT2D eigenvalue weighted by atomic mass is 10.1. The minimum absolute atomic E-state index is 0.0326. The van der Waals surface area contributed by atoms with Gasteiger partial charge in [-0.15, -0.1) is 11.3 Å². The first-order valence-corrected chi connectivity index (χ1v) is 11.4. The number of nitrogens with zero attached hydrogens (tertiary/aromatic N) is 1. The monoisotopic (exact) mass is 402 g/mol. The SMILES string of the molecule is CCN1CCOC(c2ccc(NS(=O)(=O)c3csc4ccccc34)cc2)C1. The van der Waals surface area contributed by atoms with Crippen LogP contribution in [-0.2, 0) is 14.8 Å². The Bertz CT molecular complexity index is 1030. The molecule has 142 valence electrons. The molecule has 3 aromatic rings. The van der Waals surface area contributed by atoms with Crippen molar-refractivity contribution in [2.45, 2.75) is 17.9 Å². The lowest BCUT2D eigenvalue weighted by Gasteiger charge is -2.32. The van der Waals surface area contributed by atoms with E-state index in [1.165, 1.54) is 11.3 Å². The summed E-state index contributed by atoms with van der Waals surface area (Å²) < 4.78 is 35.1. The lowest BCUT2D eigenvalue weighted by molar-refractivity contribution is -0.0281. The zero-order valence-electron chi connectivity index (χ0n) is 15.1. The molecular formula is C20H22N2O3S2. The van der Waals surface area contributed by atoms with Crippen LogP contribution in [0.5, 0.6) is 0 Å². The van der Waals surface area contributed by atoms with Crippen LogP contribution in [-0.4, -0.2) is 39.6 Å². The maximum Gasteiger partial charge on any atom is 0.263 e. The van der Waals surface area contributed by atoms with Gasteiger partial charge in [0, 0.05) is 34.2 Å². The summed E-state index contributed by atoms with van der Waals surface area (Å²) in [6, 6.07) is 15.0. The van der Waals surface area contributed by atoms with Gasteiger partial charge in [-0.05, 0) is 30.3 Å². The number of hydrogen-bond acceptors (Lipinski definition) is 5. The van der Waals surface area contributed by atoms with Gasteiger partial charge in [0.25, 0.3) is 10.0 Å². The van der Waals surface area contributed by atoms with Crippen molar-refractivity contribution in [3.8, 4) is 0 Å². The number of sulfonamides is 1. The Kier molecular flexibility index (Phi) is 5.19. The zero-order chi connectivity index (χ0) is 18.9. The number of rotatable bonds is 5. The second kappa shape index (κ2) is 7.59. The molecule has 7 heteroatoms. The van der Waals surface area contributed by atoms with E-state index in [-0.39, 0.29) is 6.10 Å². The van der Waals surface area contributed by atoms with Crippen molar-refractivity contribution in [3.05, 3.63) is 59.5 Å². The number of thiophene rings is 1. The molecule has 0 aliphatic carbocycles. The second-order valence-corrected chi connectivity index (χ2v) is 9.14. The average Bonchev–Trinajstić information content (AvgIpc) is 3.13. The topological polar surface area (TPSA) is 58.6 Å². The fourth-order valence-corrected chi connectivity index (χ4v) is 5.89. The highest BCUT2D eigenvalue weighted by molar-refractivity contribution is 7.93. The van der Waals surface area contributed by atoms with Gasteiger partial charge in [0.1, 0.15) is 4.90 Å². The predicted octanol–water partition coefficient (Wildman–Crippen LogP) is 4.10. The lowest BCUT2D eigenvalue weighted by Crippen LogP contribution is -2.38. The Morgan fingerprint density at radius 3 is 2.74 bits per heavy atom. The van der Waals surface area contributed by atoms with Gasteiger partial charge in [-0.2, -0.15) is 0 Å². The van der Waals surface area contributed by atoms with Crippen LogP contribution in [0.2, 0.25) is 0 Å². The minimum atomic E-state index is -3.63. The van der Waals surface area contributed by atoms with Crippen LogP contribution in [0.3, 0.4) is 0 Å². The van der Waals surface area contributed by atoms with Crippen LogP contribution in [0, 0.1) is 0 Å². The van der Waals surface area contributed by atoms with Gasteiger partial charge in [0.05, 0.1) is 12.7 Å². The zero-order valence-corrected chi connectivity index (χ0v) is 16.7. The number of fused-ring (bicyclic) bond motifs is 1. The molecule has 1 saturated heterocycles. The van der Waals surface area contributed by atoms with Crippen LogP contribution in [0.4, 0.5) is 5.69 Å². The van der Waals surface area contributed by atoms with Crippen LogP contribution in [0.25, 0.3) is 10.1 Å². The van der Waals surface area contributed by atoms with E-state index in [0.717, 1.165) is 41.9 Å². The molecule has 0 radical (unpaired) electrons. The molecule has 0 amide bonds. The Morgan fingerprint density at radius 2 is 1.96 bits per heavy atom. The molecular weight excluding hydrogens is 380 g/mol. The van der Waals surface area contributed by atoms with Crippen molar-refractivity contribution in [1.82, 2.24) is 4.90 Å². The van der Waals surface area contributed by atoms with Gasteiger partial charge in [-0.25, -0.2) is 8.42 Å². The molecule has 0 spiro atoms. The van der Waals surface area contributed by atoms with E-state index in [0.29, 0.717) is 10.6 Å². The summed E-state index contributed by atoms with van der Waals surface area (Å²) >= 11 is 1.43. The van der Waals surface area contributed by atoms with Crippen molar-refractivity contribution in [3.63, 3.8) is 0 Å². The average molecular weight is 403 g/mol. The van der Waals surface area contributed by atoms with E-state index >= 15 is 0 Å². The molecule has 1 unspecified atom stereocenters. The smallest absolute Gasteiger partial charge is 0.263 e. The summed E-state index contributed by atoms with van der Waals surface area (Å²) in [6.07, 6.45) is 0.0326. The third-order valence-corrected chi connectivity index (χ3v) is 7.40. The molecule has 2 heterocycles. The van der Waals surface area contributed by atoms with Gasteiger partial charge < -0.3 is 4.74 Å². The highest BCUT2D eigenvalue weighted by atomic mass is 32.2. The fraction of sp³-hybridized carbons (Fsp3) is 0.300. The molecule has 0 saturated carbocycles. The highest BCUT2D eigenvalue weighted by Gasteiger charge is 2.22. The number of likely N-dealkylation sites (N-methyl/N-ethyl adjacent to an activating group) is 1. The predicted molar refractivity (Wildman–Crippen MR) is 110 cm³/mol. The second-order valence-electron chi connectivity index (χ2n) is 6.58. The summed E-state index contributed by atoms with van der Waals surface area (Å²) in [4.78, 5) is 2.67. The minimum Gasteiger partial charge on any atom is -0.371 e. The molecule has 1 aliphatic heterocycles. The molecule has 27 heavy (non-hydrogen) atoms. The van der Waals surface area contributed by atoms with Gasteiger partial charge in [-0.3, -0.25) is 9.62 Å². The molecule has 5 nitrogen and oxygen atoms in total. The van der Waals surface area contributed by atoms with Crippen molar-refractivity contribution >= 4 is 37.1 Å². The third-order valence-electron chi connectivity index (χ3n) is 4.87. The Hall–Kier alpha value is -1.93. The molecule has 1 N–H and O–H groups in total. The molecule has 4 rings (SSSR count). The summed E-state index contributed by atoms with van der Waals surface area (Å²) in [5, 5.41) is 2.44. The van der Waals surface area contributed by atoms with Crippen LogP contribution >= 0.6 is 11.3 Å². The van der Waals surface area contributed by atoms with E-state index in [9.17, 15) is 8.42 Å². The quantitative estimate of drug-likeness (QED) is 0.698. The van der Waals surface area contributed by atoms with Gasteiger partial charge >= 0.3 is 0 Å². The first-order valence-electron chi connectivity index (χ1n) is 9.00. The Balaban J connectivity index is 1.52. The van der Waals surface area contributed by atoms with E-state index in [4.69, 9.17) is 4.74 Å². The summed E-state index contributed by atoms with van der Waals surface area (Å²) in [5.41, 5.74) is 1.62. The van der Waals surface area contributed by atoms with Crippen molar-refractivity contribution in [2.24, 2.45) is 0 Å². The van der Waals surface area contributed by atoms with E-state index < -0.39 is 10.0 Å². The van der Waals surface area contributed by atoms with E-state index in [2.05, 4.69) is 16.5 Å². The number of benzene rings is 2. The molecule has 1 fully saturated rings. The third kappa shape index (κ3) is 3.87. The normalized spacial score (nSPS) is 18.6. The molecule has 0 bridgehead atoms. The standard InChI is InChI=1S/C20H22N2O3S2/c1-2-22-11-12-25-18(13-22)15-7-9-16(10-8-15)21-27(23,24)20-14-26-19-6-4-3-5-17(19)20/h3-10,14,18,21H,2,11-13H2,1H3. The Morgan fingerprint density at radius 1 is 1.19 bits per heavy atom. The molecule has 1 atom stereocenters. The Labute approximate surface area is 163 Å². The van der Waals surface area contributed by atoms with Crippen LogP contribution < -0.4 is 4.72 Å². The van der Waals surface area contributed by atoms with Gasteiger partial charge in [0.15, 0.2) is 0 Å². The molecule has 1 aliphatic rings. The number of nitrogens with one attached hydrogen (secondary N) is 1. The molecule has 1 aromatic heterocycles. The largest absolute Gasteiger partial charge is 0.371 e. The number of hydrogen-bond donors (Lipinski definition) is 1. The number of ether oxygens (including phenoxy) is 1. The van der Waals surface area contributed by atoms with E-state index in [1.54, 1.807) is 17.5 Å². The summed E-state index contributed by atoms with van der Waals surface area (Å²) in [5.74, 6) is 0. The maximum atomic E-state index is 12.8. The molecule has 2 aromatic carbocycles. The summed E-state index contributed by atoms with van der Waals surface area (Å²) in [6.45, 7) is 5.70. The van der Waals surface area contributed by atoms with Crippen LogP contribution in [0.1, 0.15) is 18.6 Å². The van der Waals surface area contributed by atoms with E-state index in [1.807, 2.05) is 36.4 Å². The first-order chi connectivity index (χ1) is 13.1. The van der Waals surface area contributed by atoms with Crippen molar-refractivity contribution < 1.29 is 13.2 Å². The van der Waals surface area contributed by atoms with Crippen LogP contribution in [0.15, 0.2) is 58.8 Å². The number of morpholine rings is 1. The van der Waals surface area contributed by atoms with Gasteiger partial charge in [-0.1, -0.05) is 37.3 Å². The van der Waals surface area contributed by atoms with Crippen molar-refractivity contribution in [2.75, 3.05) is 31.0 Å². The maximum absolute atomic E-state index is 12.8.